The molecule has 20 heavy (non-hydrogen) atoms. The molecule has 0 atom stereocenters. The molecule has 0 bridgehead atoms. The van der Waals surface area contributed by atoms with Crippen LogP contribution < -0.4 is 21.5 Å². The molecule has 0 saturated carbocycles. The number of nitrogen functional groups attached to an aromatic ring is 1. The molecule has 0 aliphatic carbocycles. The van der Waals surface area contributed by atoms with Gasteiger partial charge in [0.1, 0.15) is 0 Å². The van der Waals surface area contributed by atoms with Crippen LogP contribution in [0.4, 0.5) is 10.5 Å². The van der Waals surface area contributed by atoms with Crippen molar-refractivity contribution >= 4 is 33.5 Å². The number of benzene rings is 1. The van der Waals surface area contributed by atoms with Crippen LogP contribution in [0.25, 0.3) is 0 Å². The van der Waals surface area contributed by atoms with E-state index in [2.05, 4.69) is 10.0 Å². The number of nitrogens with one attached hydrogen (secondary N) is 2. The number of urea groups is 1. The highest BCUT2D eigenvalue weighted by atomic mass is 32.2. The van der Waals surface area contributed by atoms with Crippen molar-refractivity contribution in [3.05, 3.63) is 24.3 Å². The molecule has 1 aromatic carbocycles. The first-order chi connectivity index (χ1) is 9.39. The minimum absolute atomic E-state index is 0.0109. The minimum atomic E-state index is -3.35. The number of hydrogen-bond acceptors (Lipinski definition) is 5. The Morgan fingerprint density at radius 2 is 2.05 bits per heavy atom. The predicted molar refractivity (Wildman–Crippen MR) is 81.0 cm³/mol. The van der Waals surface area contributed by atoms with E-state index in [1.165, 1.54) is 11.8 Å². The molecule has 9 heteroatoms. The number of carbonyl (C=O) groups excluding carboxylic acids is 1. The van der Waals surface area contributed by atoms with Gasteiger partial charge in [-0.3, -0.25) is 0 Å². The van der Waals surface area contributed by atoms with Crippen LogP contribution in [0.5, 0.6) is 0 Å². The SMILES string of the molecule is NC(=O)NCCNS(=O)(=O)CCSc1cccc(N)c1. The Morgan fingerprint density at radius 3 is 2.70 bits per heavy atom. The molecule has 0 aliphatic heterocycles. The zero-order valence-corrected chi connectivity index (χ0v) is 12.5. The zero-order chi connectivity index (χ0) is 15.0. The average Bonchev–Trinajstić information content (AvgIpc) is 2.34. The van der Waals surface area contributed by atoms with Crippen molar-refractivity contribution in [2.24, 2.45) is 5.73 Å². The summed E-state index contributed by atoms with van der Waals surface area (Å²) in [5, 5.41) is 2.30. The number of carbonyl (C=O) groups is 1. The van der Waals surface area contributed by atoms with Gasteiger partial charge in [0.2, 0.25) is 10.0 Å². The topological polar surface area (TPSA) is 127 Å². The smallest absolute Gasteiger partial charge is 0.312 e. The highest BCUT2D eigenvalue weighted by Gasteiger charge is 2.09. The van der Waals surface area contributed by atoms with Gasteiger partial charge in [-0.15, -0.1) is 11.8 Å². The predicted octanol–water partition coefficient (Wildman–Crippen LogP) is -0.0514. The number of sulfonamides is 1. The van der Waals surface area contributed by atoms with Gasteiger partial charge < -0.3 is 16.8 Å². The van der Waals surface area contributed by atoms with Gasteiger partial charge >= 0.3 is 6.03 Å². The Bertz CT molecular complexity index is 548. The molecule has 112 valence electrons. The van der Waals surface area contributed by atoms with E-state index in [-0.39, 0.29) is 18.8 Å². The van der Waals surface area contributed by atoms with Gasteiger partial charge in [0.05, 0.1) is 5.75 Å². The zero-order valence-electron chi connectivity index (χ0n) is 10.8. The maximum Gasteiger partial charge on any atom is 0.312 e. The van der Waals surface area contributed by atoms with Crippen LogP contribution >= 0.6 is 11.8 Å². The lowest BCUT2D eigenvalue weighted by Crippen LogP contribution is -2.38. The fourth-order valence-electron chi connectivity index (χ4n) is 1.34. The molecule has 1 aromatic rings. The van der Waals surface area contributed by atoms with Crippen LogP contribution in [-0.4, -0.2) is 39.0 Å². The molecule has 0 aromatic heterocycles. The molecule has 1 rings (SSSR count). The van der Waals surface area contributed by atoms with Gasteiger partial charge in [0.15, 0.2) is 0 Å². The van der Waals surface area contributed by atoms with Crippen molar-refractivity contribution in [2.45, 2.75) is 4.90 Å². The third-order valence-corrected chi connectivity index (χ3v) is 4.86. The average molecular weight is 318 g/mol. The van der Waals surface area contributed by atoms with E-state index < -0.39 is 16.1 Å². The lowest BCUT2D eigenvalue weighted by atomic mass is 10.3. The number of primary amides is 1. The Morgan fingerprint density at radius 1 is 1.30 bits per heavy atom. The van der Waals surface area contributed by atoms with Gasteiger partial charge in [-0.1, -0.05) is 6.07 Å². The monoisotopic (exact) mass is 318 g/mol. The fourth-order valence-corrected chi connectivity index (χ4v) is 3.74. The fraction of sp³-hybridized carbons (Fsp3) is 0.364. The largest absolute Gasteiger partial charge is 0.399 e. The molecule has 0 saturated heterocycles. The minimum Gasteiger partial charge on any atom is -0.399 e. The molecule has 0 aliphatic rings. The van der Waals surface area contributed by atoms with Gasteiger partial charge in [0.25, 0.3) is 0 Å². The highest BCUT2D eigenvalue weighted by molar-refractivity contribution is 8.00. The molecular formula is C11H18N4O3S2. The summed E-state index contributed by atoms with van der Waals surface area (Å²) in [5.74, 6) is 0.408. The van der Waals surface area contributed by atoms with Crippen molar-refractivity contribution in [3.63, 3.8) is 0 Å². The number of amides is 2. The maximum atomic E-state index is 11.6. The standard InChI is InChI=1S/C11H18N4O3S2/c12-9-2-1-3-10(8-9)19-6-7-20(17,18)15-5-4-14-11(13)16/h1-3,8,15H,4-7,12H2,(H3,13,14,16). The number of rotatable bonds is 8. The second kappa shape index (κ2) is 7.98. The van der Waals surface area contributed by atoms with E-state index >= 15 is 0 Å². The molecule has 0 fully saturated rings. The number of hydrogen-bond donors (Lipinski definition) is 4. The van der Waals surface area contributed by atoms with Gasteiger partial charge in [0, 0.05) is 29.4 Å². The summed E-state index contributed by atoms with van der Waals surface area (Å²) in [7, 11) is -3.35. The number of anilines is 1. The van der Waals surface area contributed by atoms with Crippen LogP contribution in [-0.2, 0) is 10.0 Å². The van der Waals surface area contributed by atoms with Crippen molar-refractivity contribution in [1.82, 2.24) is 10.0 Å². The Kier molecular flexibility index (Phi) is 6.62. The van der Waals surface area contributed by atoms with E-state index in [1.807, 2.05) is 12.1 Å². The van der Waals surface area contributed by atoms with E-state index in [0.29, 0.717) is 11.4 Å². The van der Waals surface area contributed by atoms with Crippen LogP contribution in [0.2, 0.25) is 0 Å². The molecule has 0 radical (unpaired) electrons. The van der Waals surface area contributed by atoms with Gasteiger partial charge in [-0.25, -0.2) is 17.9 Å². The molecule has 0 unspecified atom stereocenters. The Balaban J connectivity index is 2.27. The van der Waals surface area contributed by atoms with E-state index in [0.717, 1.165) is 4.90 Å². The summed E-state index contributed by atoms with van der Waals surface area (Å²) < 4.78 is 25.7. The van der Waals surface area contributed by atoms with Crippen LogP contribution in [0.15, 0.2) is 29.2 Å². The van der Waals surface area contributed by atoms with Crippen LogP contribution in [0.1, 0.15) is 0 Å². The molecule has 6 N–H and O–H groups in total. The molecule has 2 amide bonds. The Hall–Kier alpha value is -1.45. The highest BCUT2D eigenvalue weighted by Crippen LogP contribution is 2.19. The van der Waals surface area contributed by atoms with Crippen molar-refractivity contribution < 1.29 is 13.2 Å². The van der Waals surface area contributed by atoms with Crippen molar-refractivity contribution in [2.75, 3.05) is 30.3 Å². The molecule has 0 heterocycles. The third kappa shape index (κ3) is 7.22. The summed E-state index contributed by atoms with van der Waals surface area (Å²) in [6.45, 7) is 0.283. The lowest BCUT2D eigenvalue weighted by Gasteiger charge is -2.07. The van der Waals surface area contributed by atoms with E-state index in [9.17, 15) is 13.2 Å². The molecule has 7 nitrogen and oxygen atoms in total. The van der Waals surface area contributed by atoms with Crippen LogP contribution in [0, 0.1) is 0 Å². The first-order valence-corrected chi connectivity index (χ1v) is 8.52. The van der Waals surface area contributed by atoms with Crippen LogP contribution in [0.3, 0.4) is 0 Å². The number of thioether (sulfide) groups is 1. The summed E-state index contributed by atoms with van der Waals surface area (Å²) in [5.41, 5.74) is 11.1. The second-order valence-corrected chi connectivity index (χ2v) is 7.02. The van der Waals surface area contributed by atoms with Gasteiger partial charge in [-0.05, 0) is 18.2 Å². The summed E-state index contributed by atoms with van der Waals surface area (Å²) in [4.78, 5) is 11.3. The lowest BCUT2D eigenvalue weighted by molar-refractivity contribution is 0.249. The van der Waals surface area contributed by atoms with E-state index in [1.54, 1.807) is 12.1 Å². The summed E-state index contributed by atoms with van der Waals surface area (Å²) >= 11 is 1.42. The first-order valence-electron chi connectivity index (χ1n) is 5.88. The first kappa shape index (κ1) is 16.6. The number of nitrogens with two attached hydrogens (primary N) is 2. The van der Waals surface area contributed by atoms with Crippen molar-refractivity contribution in [3.8, 4) is 0 Å². The van der Waals surface area contributed by atoms with E-state index in [4.69, 9.17) is 11.5 Å². The quantitative estimate of drug-likeness (QED) is 0.303. The molecule has 0 spiro atoms. The third-order valence-electron chi connectivity index (χ3n) is 2.23. The second-order valence-electron chi connectivity index (χ2n) is 3.93. The van der Waals surface area contributed by atoms with Crippen molar-refractivity contribution in [1.29, 1.82) is 0 Å². The maximum absolute atomic E-state index is 11.6. The van der Waals surface area contributed by atoms with Gasteiger partial charge in [-0.2, -0.15) is 0 Å². The normalized spacial score (nSPS) is 11.2. The summed E-state index contributed by atoms with van der Waals surface area (Å²) in [6, 6.07) is 6.58. The Labute approximate surface area is 122 Å². The molecular weight excluding hydrogens is 300 g/mol. The summed E-state index contributed by atoms with van der Waals surface area (Å²) in [6.07, 6.45) is 0.